The highest BCUT2D eigenvalue weighted by atomic mass is 35.5. The second-order valence-corrected chi connectivity index (χ2v) is 5.35. The van der Waals surface area contributed by atoms with E-state index in [2.05, 4.69) is 4.74 Å². The minimum atomic E-state index is -0.485. The molecule has 2 rings (SSSR count). The van der Waals surface area contributed by atoms with Gasteiger partial charge in [-0.15, -0.1) is 11.3 Å². The van der Waals surface area contributed by atoms with E-state index < -0.39 is 11.8 Å². The van der Waals surface area contributed by atoms with Crippen LogP contribution in [0.4, 0.5) is 10.1 Å². The first kappa shape index (κ1) is 13.8. The van der Waals surface area contributed by atoms with E-state index in [-0.39, 0.29) is 5.02 Å². The van der Waals surface area contributed by atoms with Gasteiger partial charge in [-0.25, -0.2) is 9.18 Å². The van der Waals surface area contributed by atoms with Crippen molar-refractivity contribution in [3.8, 4) is 10.4 Å². The molecular weight excluding hydrogens is 289 g/mol. The molecule has 0 atom stereocenters. The average molecular weight is 300 g/mol. The molecule has 0 aliphatic rings. The zero-order valence-electron chi connectivity index (χ0n) is 10.3. The third kappa shape index (κ3) is 2.43. The molecule has 0 bridgehead atoms. The van der Waals surface area contributed by atoms with Crippen molar-refractivity contribution >= 4 is 34.6 Å². The Bertz CT molecular complexity index is 654. The van der Waals surface area contributed by atoms with E-state index in [9.17, 15) is 9.18 Å². The number of hydrogen-bond donors (Lipinski definition) is 1. The van der Waals surface area contributed by atoms with Crippen molar-refractivity contribution in [2.45, 2.75) is 6.92 Å². The Morgan fingerprint density at radius 1 is 1.47 bits per heavy atom. The summed E-state index contributed by atoms with van der Waals surface area (Å²) >= 11 is 6.97. The van der Waals surface area contributed by atoms with Crippen LogP contribution in [-0.2, 0) is 4.74 Å². The lowest BCUT2D eigenvalue weighted by molar-refractivity contribution is 0.0607. The van der Waals surface area contributed by atoms with E-state index in [1.54, 1.807) is 13.0 Å². The van der Waals surface area contributed by atoms with E-state index in [0.717, 1.165) is 16.0 Å². The summed E-state index contributed by atoms with van der Waals surface area (Å²) in [6.07, 6.45) is 0. The summed E-state index contributed by atoms with van der Waals surface area (Å²) in [5.41, 5.74) is 7.75. The number of anilines is 1. The van der Waals surface area contributed by atoms with Gasteiger partial charge in [0, 0.05) is 4.88 Å². The number of nitrogen functional groups attached to an aromatic ring is 1. The van der Waals surface area contributed by atoms with Crippen LogP contribution in [0.1, 0.15) is 15.2 Å². The first-order chi connectivity index (χ1) is 8.95. The summed E-state index contributed by atoms with van der Waals surface area (Å²) in [5, 5.41) is 0.0310. The maximum atomic E-state index is 13.2. The van der Waals surface area contributed by atoms with Gasteiger partial charge in [0.15, 0.2) is 0 Å². The molecule has 2 aromatic rings. The molecule has 0 saturated heterocycles. The Hall–Kier alpha value is -1.59. The van der Waals surface area contributed by atoms with Crippen molar-refractivity contribution in [2.75, 3.05) is 12.8 Å². The molecule has 1 aromatic carbocycles. The number of thiophene rings is 1. The lowest BCUT2D eigenvalue weighted by atomic mass is 10.1. The predicted octanol–water partition coefficient (Wildman–Crippen LogP) is 3.88. The zero-order chi connectivity index (χ0) is 14.2. The smallest absolute Gasteiger partial charge is 0.350 e. The van der Waals surface area contributed by atoms with Crippen LogP contribution in [0.15, 0.2) is 18.2 Å². The van der Waals surface area contributed by atoms with Gasteiger partial charge >= 0.3 is 5.97 Å². The first-order valence-corrected chi connectivity index (χ1v) is 6.57. The van der Waals surface area contributed by atoms with E-state index in [1.165, 1.54) is 30.6 Å². The van der Waals surface area contributed by atoms with Gasteiger partial charge in [0.2, 0.25) is 0 Å². The highest BCUT2D eigenvalue weighted by molar-refractivity contribution is 7.18. The number of ether oxygens (including phenoxy) is 1. The van der Waals surface area contributed by atoms with E-state index in [0.29, 0.717) is 10.6 Å². The summed E-state index contributed by atoms with van der Waals surface area (Å²) in [4.78, 5) is 12.7. The van der Waals surface area contributed by atoms with Gasteiger partial charge in [-0.3, -0.25) is 0 Å². The zero-order valence-corrected chi connectivity index (χ0v) is 11.9. The van der Waals surface area contributed by atoms with Crippen LogP contribution in [0.25, 0.3) is 10.4 Å². The monoisotopic (exact) mass is 299 g/mol. The van der Waals surface area contributed by atoms with Crippen LogP contribution >= 0.6 is 22.9 Å². The minimum Gasteiger partial charge on any atom is -0.465 e. The van der Waals surface area contributed by atoms with Crippen LogP contribution in [0.3, 0.4) is 0 Å². The molecule has 0 saturated carbocycles. The van der Waals surface area contributed by atoms with Gasteiger partial charge in [-0.05, 0) is 30.2 Å². The summed E-state index contributed by atoms with van der Waals surface area (Å²) in [6, 6.07) is 4.39. The molecule has 0 amide bonds. The van der Waals surface area contributed by atoms with Crippen molar-refractivity contribution in [1.29, 1.82) is 0 Å². The van der Waals surface area contributed by atoms with Gasteiger partial charge < -0.3 is 10.5 Å². The van der Waals surface area contributed by atoms with Crippen molar-refractivity contribution in [3.05, 3.63) is 39.5 Å². The van der Waals surface area contributed by atoms with Crippen molar-refractivity contribution in [2.24, 2.45) is 0 Å². The topological polar surface area (TPSA) is 52.3 Å². The third-order valence-electron chi connectivity index (χ3n) is 2.75. The molecule has 0 unspecified atom stereocenters. The maximum Gasteiger partial charge on any atom is 0.350 e. The Morgan fingerprint density at radius 2 is 2.16 bits per heavy atom. The molecule has 1 aromatic heterocycles. The fraction of sp³-hybridized carbons (Fsp3) is 0.154. The van der Waals surface area contributed by atoms with Gasteiger partial charge in [0.25, 0.3) is 0 Å². The van der Waals surface area contributed by atoms with Crippen molar-refractivity contribution in [3.63, 3.8) is 0 Å². The Morgan fingerprint density at radius 3 is 2.74 bits per heavy atom. The molecule has 0 spiro atoms. The summed E-state index contributed by atoms with van der Waals surface area (Å²) in [5.74, 6) is -0.967. The lowest BCUT2D eigenvalue weighted by Gasteiger charge is -2.01. The predicted molar refractivity (Wildman–Crippen MR) is 75.2 cm³/mol. The molecule has 3 nitrogen and oxygen atoms in total. The van der Waals surface area contributed by atoms with Gasteiger partial charge in [-0.1, -0.05) is 17.7 Å². The third-order valence-corrected chi connectivity index (χ3v) is 4.37. The molecule has 1 heterocycles. The molecule has 2 N–H and O–H groups in total. The maximum absolute atomic E-state index is 13.2. The quantitative estimate of drug-likeness (QED) is 0.856. The first-order valence-electron chi connectivity index (χ1n) is 5.38. The fourth-order valence-corrected chi connectivity index (χ4v) is 3.01. The standard InChI is InChI=1S/C13H11ClFNO2S/c1-6-10(16)12(13(17)18-2)19-11(6)7-3-4-9(15)8(14)5-7/h3-5H,16H2,1-2H3. The molecule has 0 aliphatic heterocycles. The Kier molecular flexibility index (Phi) is 3.78. The van der Waals surface area contributed by atoms with Crippen molar-refractivity contribution < 1.29 is 13.9 Å². The van der Waals surface area contributed by atoms with Crippen LogP contribution in [0, 0.1) is 12.7 Å². The van der Waals surface area contributed by atoms with Gasteiger partial charge in [0.05, 0.1) is 17.8 Å². The molecular formula is C13H11ClFNO2S. The number of nitrogens with two attached hydrogens (primary N) is 1. The SMILES string of the molecule is COC(=O)c1sc(-c2ccc(F)c(Cl)c2)c(C)c1N. The summed E-state index contributed by atoms with van der Waals surface area (Å²) in [7, 11) is 1.30. The highest BCUT2D eigenvalue weighted by Crippen LogP contribution is 2.39. The van der Waals surface area contributed by atoms with Gasteiger partial charge in [0.1, 0.15) is 10.7 Å². The second kappa shape index (κ2) is 5.19. The minimum absolute atomic E-state index is 0.0310. The Balaban J connectivity index is 2.57. The molecule has 19 heavy (non-hydrogen) atoms. The van der Waals surface area contributed by atoms with Crippen molar-refractivity contribution in [1.82, 2.24) is 0 Å². The number of carbonyl (C=O) groups excluding carboxylic acids is 1. The highest BCUT2D eigenvalue weighted by Gasteiger charge is 2.20. The van der Waals surface area contributed by atoms with Crippen LogP contribution in [0.2, 0.25) is 5.02 Å². The van der Waals surface area contributed by atoms with E-state index in [4.69, 9.17) is 17.3 Å². The van der Waals surface area contributed by atoms with Crippen LogP contribution in [-0.4, -0.2) is 13.1 Å². The van der Waals surface area contributed by atoms with E-state index in [1.807, 2.05) is 0 Å². The molecule has 0 fully saturated rings. The number of esters is 1. The van der Waals surface area contributed by atoms with E-state index >= 15 is 0 Å². The molecule has 100 valence electrons. The molecule has 6 heteroatoms. The average Bonchev–Trinajstić information content (AvgIpc) is 2.69. The number of methoxy groups -OCH3 is 1. The fourth-order valence-electron chi connectivity index (χ4n) is 1.68. The number of carbonyl (C=O) groups is 1. The van der Waals surface area contributed by atoms with Gasteiger partial charge in [-0.2, -0.15) is 0 Å². The second-order valence-electron chi connectivity index (χ2n) is 3.92. The summed E-state index contributed by atoms with van der Waals surface area (Å²) in [6.45, 7) is 1.80. The van der Waals surface area contributed by atoms with Crippen LogP contribution in [0.5, 0.6) is 0 Å². The molecule has 0 aliphatic carbocycles. The largest absolute Gasteiger partial charge is 0.465 e. The number of rotatable bonds is 2. The normalized spacial score (nSPS) is 10.5. The number of benzene rings is 1. The Labute approximate surface area is 118 Å². The molecule has 0 radical (unpaired) electrons. The number of halogens is 2. The summed E-state index contributed by atoms with van der Waals surface area (Å²) < 4.78 is 17.8. The lowest BCUT2D eigenvalue weighted by Crippen LogP contribution is -2.01. The van der Waals surface area contributed by atoms with Crippen LogP contribution < -0.4 is 5.73 Å². The number of hydrogen-bond acceptors (Lipinski definition) is 4.